The van der Waals surface area contributed by atoms with E-state index in [-0.39, 0.29) is 18.2 Å². The summed E-state index contributed by atoms with van der Waals surface area (Å²) in [5.41, 5.74) is 13.9. The Kier molecular flexibility index (Phi) is 7.49. The van der Waals surface area contributed by atoms with Crippen molar-refractivity contribution in [3.05, 3.63) is 214 Å². The number of fused-ring (bicyclic) bond motifs is 10. The molecule has 5 heterocycles. The maximum absolute atomic E-state index is 6.93. The molecule has 3 N–H and O–H groups in total. The van der Waals surface area contributed by atoms with Crippen molar-refractivity contribution >= 4 is 61.1 Å². The Balaban J connectivity index is 0.900. The molecule has 2 aromatic heterocycles. The van der Waals surface area contributed by atoms with E-state index in [1.54, 1.807) is 0 Å². The lowest BCUT2D eigenvalue weighted by Gasteiger charge is -2.42. The molecule has 7 nitrogen and oxygen atoms in total. The average Bonchev–Trinajstić information content (AvgIpc) is 3.88. The minimum Gasteiger partial charge on any atom is -0.457 e. The highest BCUT2D eigenvalue weighted by Gasteiger charge is 2.42. The zero-order valence-electron chi connectivity index (χ0n) is 34.1. The fourth-order valence-electron chi connectivity index (χ4n) is 10.5. The van der Waals surface area contributed by atoms with E-state index >= 15 is 0 Å². The monoisotopic (exact) mass is 804 g/mol. The summed E-state index contributed by atoms with van der Waals surface area (Å²) in [4.78, 5) is 5.33. The number of hydrogen-bond donors (Lipinski definition) is 3. The van der Waals surface area contributed by atoms with Crippen molar-refractivity contribution < 1.29 is 13.6 Å². The fourth-order valence-corrected chi connectivity index (χ4v) is 10.5. The summed E-state index contributed by atoms with van der Waals surface area (Å²) < 4.78 is 19.7. The second-order valence-corrected chi connectivity index (χ2v) is 17.2. The zero-order valence-corrected chi connectivity index (χ0v) is 34.1. The number of anilines is 1. The molecule has 13 rings (SSSR count). The van der Waals surface area contributed by atoms with Crippen LogP contribution in [0.25, 0.3) is 43.9 Å². The number of ether oxygens (including phenoxy) is 1. The van der Waals surface area contributed by atoms with Crippen molar-refractivity contribution in [2.45, 2.75) is 37.5 Å². The molecule has 0 bridgehead atoms. The first-order valence-electron chi connectivity index (χ1n) is 21.3. The predicted octanol–water partition coefficient (Wildman–Crippen LogP) is 13.5. The van der Waals surface area contributed by atoms with E-state index < -0.39 is 5.41 Å². The minimum atomic E-state index is -0.497. The Hall–Kier alpha value is -7.61. The smallest absolute Gasteiger partial charge is 0.135 e. The molecule has 3 aliphatic rings. The first-order chi connectivity index (χ1) is 30.5. The van der Waals surface area contributed by atoms with Gasteiger partial charge in [0.15, 0.2) is 0 Å². The molecule has 8 aromatic carbocycles. The van der Waals surface area contributed by atoms with E-state index in [1.807, 2.05) is 24.3 Å². The van der Waals surface area contributed by atoms with Crippen LogP contribution >= 0.6 is 0 Å². The maximum atomic E-state index is 6.93. The molecule has 0 spiro atoms. The molecular formula is C55H40N4O3. The van der Waals surface area contributed by atoms with Gasteiger partial charge in [0.05, 0.1) is 17.8 Å². The van der Waals surface area contributed by atoms with E-state index in [9.17, 15) is 0 Å². The third-order valence-corrected chi connectivity index (χ3v) is 13.3. The highest BCUT2D eigenvalue weighted by atomic mass is 16.5. The van der Waals surface area contributed by atoms with E-state index in [0.29, 0.717) is 0 Å². The van der Waals surface area contributed by atoms with Gasteiger partial charge in [-0.15, -0.1) is 0 Å². The second-order valence-electron chi connectivity index (χ2n) is 17.2. The van der Waals surface area contributed by atoms with Gasteiger partial charge in [0.1, 0.15) is 45.8 Å². The molecule has 0 radical (unpaired) electrons. The van der Waals surface area contributed by atoms with Gasteiger partial charge in [-0.05, 0) is 70.8 Å². The van der Waals surface area contributed by atoms with Gasteiger partial charge in [-0.25, -0.2) is 4.99 Å². The van der Waals surface area contributed by atoms with Gasteiger partial charge in [-0.2, -0.15) is 0 Å². The van der Waals surface area contributed by atoms with Crippen LogP contribution < -0.4 is 20.7 Å². The SMILES string of the molecule is CC1(C)c2c(cccc2C2=Nc3ccccc3C(c3ccc4c(c3)oc3ccccc34)N2)Oc2cccc(C3Nc4ccccc4C(c4ccc5c(c4)oc4ccccc45)N3)c21. The standard InChI is InChI=1S/C55H40N4O3/c1-55(2)49-39(53-56-41-19-7-3-15-37(41)51(58-53)31-25-27-35-33-13-5-9-21-43(33)60-47(35)29-31)17-11-23-45(49)62-46-24-12-18-40(50(46)55)54-57-42-20-8-4-16-38(42)52(59-54)32-26-28-36-34-14-6-10-22-44(34)61-48(36)30-32/h3-30,51-53,56,58H,1-2H3,(H,57,59). The first kappa shape index (κ1) is 35.2. The Labute approximate surface area is 357 Å². The van der Waals surface area contributed by atoms with Crippen LogP contribution in [0.3, 0.4) is 0 Å². The lowest BCUT2D eigenvalue weighted by Crippen LogP contribution is -2.40. The normalized spacial score (nSPS) is 18.5. The Morgan fingerprint density at radius 1 is 0.484 bits per heavy atom. The summed E-state index contributed by atoms with van der Waals surface area (Å²) in [7, 11) is 0. The third-order valence-electron chi connectivity index (χ3n) is 13.3. The number of para-hydroxylation sites is 4. The molecule has 0 aliphatic carbocycles. The highest BCUT2D eigenvalue weighted by Crippen LogP contribution is 2.53. The van der Waals surface area contributed by atoms with Crippen molar-refractivity contribution in [2.75, 3.05) is 5.32 Å². The molecule has 0 amide bonds. The number of hydrogen-bond acceptors (Lipinski definition) is 7. The summed E-state index contributed by atoms with van der Waals surface area (Å²) >= 11 is 0. The molecule has 3 unspecified atom stereocenters. The predicted molar refractivity (Wildman–Crippen MR) is 248 cm³/mol. The van der Waals surface area contributed by atoms with Crippen molar-refractivity contribution in [1.29, 1.82) is 0 Å². The summed E-state index contributed by atoms with van der Waals surface area (Å²) in [6.07, 6.45) is -0.234. The largest absolute Gasteiger partial charge is 0.457 e. The van der Waals surface area contributed by atoms with Gasteiger partial charge < -0.3 is 24.2 Å². The molecule has 62 heavy (non-hydrogen) atoms. The van der Waals surface area contributed by atoms with Crippen LogP contribution in [-0.4, -0.2) is 5.84 Å². The average molecular weight is 805 g/mol. The van der Waals surface area contributed by atoms with Crippen molar-refractivity contribution in [3.63, 3.8) is 0 Å². The maximum Gasteiger partial charge on any atom is 0.135 e. The van der Waals surface area contributed by atoms with Crippen LogP contribution in [0, 0.1) is 0 Å². The molecule has 0 saturated carbocycles. The first-order valence-corrected chi connectivity index (χ1v) is 21.3. The van der Waals surface area contributed by atoms with Crippen LogP contribution in [0.5, 0.6) is 11.5 Å². The minimum absolute atomic E-state index is 0.0991. The molecule has 3 aliphatic heterocycles. The number of aliphatic imine (C=N–C) groups is 1. The Morgan fingerprint density at radius 2 is 1.06 bits per heavy atom. The quantitative estimate of drug-likeness (QED) is 0.164. The summed E-state index contributed by atoms with van der Waals surface area (Å²) in [6, 6.07) is 59.1. The van der Waals surface area contributed by atoms with Gasteiger partial charge in [-0.1, -0.05) is 135 Å². The van der Waals surface area contributed by atoms with Crippen LogP contribution in [0.1, 0.15) is 76.6 Å². The summed E-state index contributed by atoms with van der Waals surface area (Å²) in [5.74, 6) is 2.48. The van der Waals surface area contributed by atoms with Gasteiger partial charge in [0.2, 0.25) is 0 Å². The molecule has 7 heteroatoms. The van der Waals surface area contributed by atoms with Crippen LogP contribution in [0.2, 0.25) is 0 Å². The van der Waals surface area contributed by atoms with Gasteiger partial charge in [-0.3, -0.25) is 5.32 Å². The van der Waals surface area contributed by atoms with E-state index in [0.717, 1.165) is 112 Å². The topological polar surface area (TPSA) is 84.0 Å². The fraction of sp³-hybridized carbons (Fsp3) is 0.109. The zero-order chi connectivity index (χ0) is 41.1. The van der Waals surface area contributed by atoms with Gasteiger partial charge in [0, 0.05) is 54.9 Å². The lowest BCUT2D eigenvalue weighted by atomic mass is 9.71. The number of rotatable bonds is 4. The number of nitrogens with one attached hydrogen (secondary N) is 3. The number of amidine groups is 1. The second kappa shape index (κ2) is 13.2. The Bertz CT molecular complexity index is 3500. The Morgan fingerprint density at radius 3 is 1.81 bits per heavy atom. The van der Waals surface area contributed by atoms with E-state index in [2.05, 4.69) is 175 Å². The summed E-state index contributed by atoms with van der Waals surface area (Å²) in [5, 5.41) is 16.3. The highest BCUT2D eigenvalue weighted by molar-refractivity contribution is 6.07. The van der Waals surface area contributed by atoms with Crippen LogP contribution in [0.4, 0.5) is 11.4 Å². The summed E-state index contributed by atoms with van der Waals surface area (Å²) in [6.45, 7) is 4.63. The third kappa shape index (κ3) is 5.25. The van der Waals surface area contributed by atoms with Crippen molar-refractivity contribution in [3.8, 4) is 11.5 Å². The van der Waals surface area contributed by atoms with E-state index in [1.165, 1.54) is 5.56 Å². The van der Waals surface area contributed by atoms with Gasteiger partial charge in [0.25, 0.3) is 0 Å². The molecule has 3 atom stereocenters. The van der Waals surface area contributed by atoms with Crippen LogP contribution in [0.15, 0.2) is 184 Å². The van der Waals surface area contributed by atoms with Crippen LogP contribution in [-0.2, 0) is 5.41 Å². The molecule has 0 saturated heterocycles. The number of benzene rings is 8. The molecular weight excluding hydrogens is 765 g/mol. The van der Waals surface area contributed by atoms with Crippen molar-refractivity contribution in [2.24, 2.45) is 4.99 Å². The van der Waals surface area contributed by atoms with E-state index in [4.69, 9.17) is 18.6 Å². The van der Waals surface area contributed by atoms with Gasteiger partial charge >= 0.3 is 0 Å². The van der Waals surface area contributed by atoms with Crippen molar-refractivity contribution in [1.82, 2.24) is 10.6 Å². The molecule has 10 aromatic rings. The molecule has 298 valence electrons. The number of nitrogens with zero attached hydrogens (tertiary/aromatic N) is 1. The molecule has 0 fully saturated rings. The number of furan rings is 2. The lowest BCUT2D eigenvalue weighted by molar-refractivity contribution is 0.408.